The van der Waals surface area contributed by atoms with Crippen molar-refractivity contribution in [2.45, 2.75) is 19.5 Å². The van der Waals surface area contributed by atoms with Crippen LogP contribution < -0.4 is 5.32 Å². The van der Waals surface area contributed by atoms with E-state index in [9.17, 15) is 0 Å². The minimum Gasteiger partial charge on any atom is -0.305 e. The van der Waals surface area contributed by atoms with Crippen molar-refractivity contribution in [3.05, 3.63) is 72.1 Å². The van der Waals surface area contributed by atoms with Gasteiger partial charge in [-0.05, 0) is 24.6 Å². The predicted molar refractivity (Wildman–Crippen MR) is 81.2 cm³/mol. The first-order chi connectivity index (χ1) is 9.83. The monoisotopic (exact) mass is 263 g/mol. The van der Waals surface area contributed by atoms with E-state index in [1.165, 1.54) is 5.56 Å². The highest BCUT2D eigenvalue weighted by molar-refractivity contribution is 5.73. The fourth-order valence-corrected chi connectivity index (χ4v) is 2.20. The molecule has 100 valence electrons. The normalized spacial score (nSPS) is 12.4. The van der Waals surface area contributed by atoms with Crippen LogP contribution >= 0.6 is 0 Å². The molecule has 3 rings (SSSR count). The molecule has 0 bridgehead atoms. The third-order valence-electron chi connectivity index (χ3n) is 3.39. The van der Waals surface area contributed by atoms with Gasteiger partial charge in [0.25, 0.3) is 0 Å². The molecule has 0 spiro atoms. The van der Waals surface area contributed by atoms with E-state index in [0.29, 0.717) is 12.6 Å². The molecule has 1 heterocycles. The van der Waals surface area contributed by atoms with Gasteiger partial charge in [-0.15, -0.1) is 0 Å². The van der Waals surface area contributed by atoms with Gasteiger partial charge in [-0.2, -0.15) is 0 Å². The van der Waals surface area contributed by atoms with Crippen molar-refractivity contribution >= 4 is 11.0 Å². The van der Waals surface area contributed by atoms with E-state index < -0.39 is 0 Å². The zero-order chi connectivity index (χ0) is 13.8. The Morgan fingerprint density at radius 1 is 0.950 bits per heavy atom. The van der Waals surface area contributed by atoms with Crippen LogP contribution in [0.25, 0.3) is 11.0 Å². The summed E-state index contributed by atoms with van der Waals surface area (Å²) in [6.07, 6.45) is 1.84. The average Bonchev–Trinajstić information content (AvgIpc) is 2.53. The highest BCUT2D eigenvalue weighted by Crippen LogP contribution is 2.13. The molecule has 0 saturated heterocycles. The van der Waals surface area contributed by atoms with Gasteiger partial charge in [-0.3, -0.25) is 4.98 Å². The fraction of sp³-hybridized carbons (Fsp3) is 0.176. The van der Waals surface area contributed by atoms with Gasteiger partial charge in [-0.1, -0.05) is 42.5 Å². The van der Waals surface area contributed by atoms with Crippen molar-refractivity contribution in [3.8, 4) is 0 Å². The van der Waals surface area contributed by atoms with Crippen molar-refractivity contribution in [2.75, 3.05) is 0 Å². The van der Waals surface area contributed by atoms with Crippen LogP contribution in [0.5, 0.6) is 0 Å². The van der Waals surface area contributed by atoms with Crippen LogP contribution in [0.3, 0.4) is 0 Å². The van der Waals surface area contributed by atoms with Crippen LogP contribution in [0.2, 0.25) is 0 Å². The van der Waals surface area contributed by atoms with Crippen molar-refractivity contribution < 1.29 is 0 Å². The molecule has 0 radical (unpaired) electrons. The van der Waals surface area contributed by atoms with Gasteiger partial charge in [0.2, 0.25) is 0 Å². The second-order valence-corrected chi connectivity index (χ2v) is 4.86. The Kier molecular flexibility index (Phi) is 3.70. The molecule has 3 heteroatoms. The number of nitrogens with zero attached hydrogens (tertiary/aromatic N) is 2. The van der Waals surface area contributed by atoms with E-state index in [-0.39, 0.29) is 0 Å². The molecule has 0 aliphatic carbocycles. The first-order valence-electron chi connectivity index (χ1n) is 6.82. The molecule has 0 aliphatic rings. The van der Waals surface area contributed by atoms with Crippen LogP contribution in [0.4, 0.5) is 0 Å². The maximum Gasteiger partial charge on any atom is 0.0890 e. The first-order valence-corrected chi connectivity index (χ1v) is 6.82. The maximum atomic E-state index is 4.62. The lowest BCUT2D eigenvalue weighted by atomic mass is 10.1. The Morgan fingerprint density at radius 2 is 1.65 bits per heavy atom. The van der Waals surface area contributed by atoms with Crippen LogP contribution in [0.1, 0.15) is 24.2 Å². The third-order valence-corrected chi connectivity index (χ3v) is 3.39. The molecule has 20 heavy (non-hydrogen) atoms. The van der Waals surface area contributed by atoms with Crippen molar-refractivity contribution in [1.82, 2.24) is 15.3 Å². The number of nitrogens with one attached hydrogen (secondary N) is 1. The zero-order valence-electron chi connectivity index (χ0n) is 11.5. The lowest BCUT2D eigenvalue weighted by Crippen LogP contribution is -2.18. The Morgan fingerprint density at radius 3 is 2.45 bits per heavy atom. The number of rotatable bonds is 4. The molecule has 0 aliphatic heterocycles. The number of hydrogen-bond donors (Lipinski definition) is 1. The van der Waals surface area contributed by atoms with Gasteiger partial charge in [0.05, 0.1) is 22.9 Å². The molecule has 1 N–H and O–H groups in total. The first kappa shape index (κ1) is 12.8. The lowest BCUT2D eigenvalue weighted by Gasteiger charge is -2.13. The summed E-state index contributed by atoms with van der Waals surface area (Å²) in [6, 6.07) is 18.6. The molecule has 0 amide bonds. The molecule has 1 atom stereocenters. The fourth-order valence-electron chi connectivity index (χ4n) is 2.20. The van der Waals surface area contributed by atoms with E-state index in [4.69, 9.17) is 0 Å². The van der Waals surface area contributed by atoms with Crippen molar-refractivity contribution in [3.63, 3.8) is 0 Å². The largest absolute Gasteiger partial charge is 0.305 e. The van der Waals surface area contributed by atoms with E-state index >= 15 is 0 Å². The van der Waals surface area contributed by atoms with Gasteiger partial charge in [0.15, 0.2) is 0 Å². The molecular weight excluding hydrogens is 246 g/mol. The molecule has 0 saturated carbocycles. The zero-order valence-corrected chi connectivity index (χ0v) is 11.5. The second-order valence-electron chi connectivity index (χ2n) is 4.86. The average molecular weight is 263 g/mol. The molecule has 2 aromatic carbocycles. The topological polar surface area (TPSA) is 37.8 Å². The van der Waals surface area contributed by atoms with E-state index in [0.717, 1.165) is 16.7 Å². The van der Waals surface area contributed by atoms with Crippen LogP contribution in [-0.2, 0) is 6.54 Å². The number of benzene rings is 2. The van der Waals surface area contributed by atoms with Gasteiger partial charge in [0.1, 0.15) is 0 Å². The third kappa shape index (κ3) is 2.83. The quantitative estimate of drug-likeness (QED) is 0.783. The van der Waals surface area contributed by atoms with E-state index in [2.05, 4.69) is 46.5 Å². The molecular formula is C17H17N3. The van der Waals surface area contributed by atoms with Gasteiger partial charge < -0.3 is 5.32 Å². The van der Waals surface area contributed by atoms with Gasteiger partial charge in [0, 0.05) is 12.6 Å². The standard InChI is InChI=1S/C17H17N3/c1-13(14-7-3-2-4-8-14)18-11-15-12-19-16-9-5-6-10-17(16)20-15/h2-10,12-13,18H,11H2,1H3. The molecule has 0 fully saturated rings. The summed E-state index contributed by atoms with van der Waals surface area (Å²) < 4.78 is 0. The summed E-state index contributed by atoms with van der Waals surface area (Å²) in [5.74, 6) is 0. The summed E-state index contributed by atoms with van der Waals surface area (Å²) in [7, 11) is 0. The highest BCUT2D eigenvalue weighted by atomic mass is 14.9. The van der Waals surface area contributed by atoms with Crippen LogP contribution in [0.15, 0.2) is 60.8 Å². The summed E-state index contributed by atoms with van der Waals surface area (Å²) >= 11 is 0. The van der Waals surface area contributed by atoms with Crippen molar-refractivity contribution in [1.29, 1.82) is 0 Å². The summed E-state index contributed by atoms with van der Waals surface area (Å²) in [4.78, 5) is 9.05. The Balaban J connectivity index is 1.70. The van der Waals surface area contributed by atoms with Crippen molar-refractivity contribution in [2.24, 2.45) is 0 Å². The second kappa shape index (κ2) is 5.80. The number of aromatic nitrogens is 2. The van der Waals surface area contributed by atoms with Crippen LogP contribution in [-0.4, -0.2) is 9.97 Å². The SMILES string of the molecule is CC(NCc1cnc2ccccc2n1)c1ccccc1. The van der Waals surface area contributed by atoms with E-state index in [1.807, 2.05) is 36.5 Å². The molecule has 1 aromatic heterocycles. The Hall–Kier alpha value is -2.26. The predicted octanol–water partition coefficient (Wildman–Crippen LogP) is 3.48. The number of hydrogen-bond acceptors (Lipinski definition) is 3. The number of fused-ring (bicyclic) bond motifs is 1. The Bertz CT molecular complexity index is 695. The van der Waals surface area contributed by atoms with E-state index in [1.54, 1.807) is 0 Å². The maximum absolute atomic E-state index is 4.62. The summed E-state index contributed by atoms with van der Waals surface area (Å²) in [5.41, 5.74) is 4.12. The molecule has 3 aromatic rings. The summed E-state index contributed by atoms with van der Waals surface area (Å²) in [6.45, 7) is 2.87. The minimum absolute atomic E-state index is 0.296. The molecule has 1 unspecified atom stereocenters. The number of para-hydroxylation sites is 2. The van der Waals surface area contributed by atoms with Gasteiger partial charge in [-0.25, -0.2) is 4.98 Å². The van der Waals surface area contributed by atoms with Gasteiger partial charge >= 0.3 is 0 Å². The lowest BCUT2D eigenvalue weighted by molar-refractivity contribution is 0.568. The van der Waals surface area contributed by atoms with Crippen LogP contribution in [0, 0.1) is 0 Å². The molecule has 3 nitrogen and oxygen atoms in total. The Labute approximate surface area is 118 Å². The smallest absolute Gasteiger partial charge is 0.0890 e. The minimum atomic E-state index is 0.296. The summed E-state index contributed by atoms with van der Waals surface area (Å²) in [5, 5.41) is 3.48. The highest BCUT2D eigenvalue weighted by Gasteiger charge is 2.05.